The summed E-state index contributed by atoms with van der Waals surface area (Å²) in [6.07, 6.45) is -1.92. The number of aromatic amines is 1. The molecule has 1 aromatic rings. The van der Waals surface area contributed by atoms with Gasteiger partial charge in [-0.3, -0.25) is 14.3 Å². The fraction of sp³-hybridized carbons (Fsp3) is 0.667. The molecule has 0 aliphatic carbocycles. The number of aliphatic hydroxyl groups excluding tert-OH is 1. The lowest BCUT2D eigenvalue weighted by atomic mass is 9.95. The normalized spacial score (nSPS) is 42.2. The van der Waals surface area contributed by atoms with Crippen LogP contribution in [-0.2, 0) is 14.2 Å². The summed E-state index contributed by atoms with van der Waals surface area (Å²) in [6.45, 7) is 2.16. The van der Waals surface area contributed by atoms with Gasteiger partial charge in [-0.2, -0.15) is 0 Å². The van der Waals surface area contributed by atoms with Crippen LogP contribution in [0.4, 0.5) is 4.39 Å². The highest BCUT2D eigenvalue weighted by Crippen LogP contribution is 2.52. The summed E-state index contributed by atoms with van der Waals surface area (Å²) in [7, 11) is 0. The molecule has 8 nitrogen and oxygen atoms in total. The van der Waals surface area contributed by atoms with E-state index in [9.17, 15) is 19.1 Å². The van der Waals surface area contributed by atoms with Crippen LogP contribution < -0.4 is 11.2 Å². The number of nitrogens with zero attached hydrogens (tertiary/aromatic N) is 1. The number of nitrogens with one attached hydrogen (secondary N) is 1. The Labute approximate surface area is 118 Å². The number of fused-ring (bicyclic) bond motifs is 1. The number of hydrogen-bond acceptors (Lipinski definition) is 6. The van der Waals surface area contributed by atoms with Crippen LogP contribution in [0.3, 0.4) is 0 Å². The molecule has 5 atom stereocenters. The summed E-state index contributed by atoms with van der Waals surface area (Å²) in [4.78, 5) is 25.1. The minimum atomic E-state index is -2.50. The average Bonchev–Trinajstić information content (AvgIpc) is 2.82. The molecule has 2 fully saturated rings. The van der Waals surface area contributed by atoms with E-state index in [1.807, 2.05) is 0 Å². The highest BCUT2D eigenvalue weighted by molar-refractivity contribution is 5.08. The third-order valence-electron chi connectivity index (χ3n) is 3.78. The van der Waals surface area contributed by atoms with Gasteiger partial charge in [0.05, 0.1) is 0 Å². The van der Waals surface area contributed by atoms with Gasteiger partial charge in [0.1, 0.15) is 12.2 Å². The van der Waals surface area contributed by atoms with Crippen molar-refractivity contribution in [2.75, 3.05) is 6.61 Å². The average molecular weight is 302 g/mol. The molecule has 0 aromatic carbocycles. The van der Waals surface area contributed by atoms with E-state index in [-0.39, 0.29) is 0 Å². The van der Waals surface area contributed by atoms with Crippen molar-refractivity contribution < 1.29 is 23.7 Å². The van der Waals surface area contributed by atoms with Crippen molar-refractivity contribution in [1.82, 2.24) is 9.55 Å². The second-order valence-electron chi connectivity index (χ2n) is 5.32. The van der Waals surface area contributed by atoms with Crippen molar-refractivity contribution in [1.29, 1.82) is 0 Å². The van der Waals surface area contributed by atoms with E-state index in [2.05, 4.69) is 4.98 Å². The van der Waals surface area contributed by atoms with E-state index in [1.54, 1.807) is 6.92 Å². The Morgan fingerprint density at radius 1 is 1.48 bits per heavy atom. The summed E-state index contributed by atoms with van der Waals surface area (Å²) >= 11 is 0. The predicted octanol–water partition coefficient (Wildman–Crippen LogP) is -0.756. The SMILES string of the molecule is CC1O[C@H]2[C@@](C)(O1)[C@H](n1ccc(=O)[nH]c1=O)O[C@]2(F)CO. The number of aromatic nitrogens is 2. The van der Waals surface area contributed by atoms with E-state index in [0.717, 1.165) is 10.6 Å². The topological polar surface area (TPSA) is 103 Å². The molecule has 9 heteroatoms. The summed E-state index contributed by atoms with van der Waals surface area (Å²) in [6, 6.07) is 1.11. The van der Waals surface area contributed by atoms with Gasteiger partial charge in [0, 0.05) is 12.3 Å². The van der Waals surface area contributed by atoms with Crippen LogP contribution in [-0.4, -0.2) is 45.1 Å². The van der Waals surface area contributed by atoms with E-state index >= 15 is 0 Å². The van der Waals surface area contributed by atoms with Gasteiger partial charge < -0.3 is 19.3 Å². The molecule has 0 spiro atoms. The lowest BCUT2D eigenvalue weighted by molar-refractivity contribution is -0.245. The van der Waals surface area contributed by atoms with Crippen LogP contribution in [0.5, 0.6) is 0 Å². The smallest absolute Gasteiger partial charge is 0.330 e. The quantitative estimate of drug-likeness (QED) is 0.745. The van der Waals surface area contributed by atoms with E-state index in [4.69, 9.17) is 14.2 Å². The molecule has 0 radical (unpaired) electrons. The van der Waals surface area contributed by atoms with Crippen LogP contribution >= 0.6 is 0 Å². The maximum atomic E-state index is 14.7. The molecule has 3 heterocycles. The number of alkyl halides is 1. The zero-order valence-electron chi connectivity index (χ0n) is 11.4. The fourth-order valence-electron chi connectivity index (χ4n) is 2.92. The van der Waals surface area contributed by atoms with Crippen molar-refractivity contribution in [3.63, 3.8) is 0 Å². The lowest BCUT2D eigenvalue weighted by Crippen LogP contribution is -2.47. The highest BCUT2D eigenvalue weighted by atomic mass is 19.2. The number of hydrogen-bond donors (Lipinski definition) is 2. The summed E-state index contributed by atoms with van der Waals surface area (Å²) in [5.41, 5.74) is -2.67. The first-order chi connectivity index (χ1) is 9.80. The summed E-state index contributed by atoms with van der Waals surface area (Å²) in [5.74, 6) is -2.50. The standard InChI is InChI=1S/C12H15FN2O6/c1-6-19-8-11(2,20-6)9(21-12(8,13)5-16)15-4-3-7(17)14-10(15)18/h3-4,6,8-9,16H,5H2,1-2H3,(H,14,17,18)/t6?,8-,9+,11+,12+/m0/s1. The van der Waals surface area contributed by atoms with E-state index in [1.165, 1.54) is 13.1 Å². The van der Waals surface area contributed by atoms with Crippen LogP contribution in [0.15, 0.2) is 21.9 Å². The molecule has 2 saturated heterocycles. The Kier molecular flexibility index (Phi) is 3.06. The molecule has 116 valence electrons. The van der Waals surface area contributed by atoms with Gasteiger partial charge >= 0.3 is 5.69 Å². The highest BCUT2D eigenvalue weighted by Gasteiger charge is 2.69. The summed E-state index contributed by atoms with van der Waals surface area (Å²) < 4.78 is 31.8. The van der Waals surface area contributed by atoms with Gasteiger partial charge in [-0.05, 0) is 13.8 Å². The number of ether oxygens (including phenoxy) is 3. The Bertz CT molecular complexity index is 674. The molecule has 2 aliphatic rings. The molecular weight excluding hydrogens is 287 g/mol. The zero-order valence-corrected chi connectivity index (χ0v) is 11.4. The first-order valence-electron chi connectivity index (χ1n) is 6.42. The lowest BCUT2D eigenvalue weighted by Gasteiger charge is -2.27. The zero-order chi connectivity index (χ0) is 15.4. The second kappa shape index (κ2) is 4.47. The monoisotopic (exact) mass is 302 g/mol. The Balaban J connectivity index is 2.10. The number of aliphatic hydroxyl groups is 1. The molecule has 3 rings (SSSR count). The van der Waals surface area contributed by atoms with Gasteiger partial charge in [0.2, 0.25) is 0 Å². The van der Waals surface area contributed by atoms with Crippen molar-refractivity contribution in [2.24, 2.45) is 0 Å². The number of rotatable bonds is 2. The van der Waals surface area contributed by atoms with E-state index < -0.39 is 47.9 Å². The minimum absolute atomic E-state index is 0.582. The van der Waals surface area contributed by atoms with Crippen LogP contribution in [0.1, 0.15) is 20.1 Å². The van der Waals surface area contributed by atoms with Crippen molar-refractivity contribution >= 4 is 0 Å². The predicted molar refractivity (Wildman–Crippen MR) is 66.2 cm³/mol. The van der Waals surface area contributed by atoms with Gasteiger partial charge in [0.25, 0.3) is 11.4 Å². The molecule has 0 amide bonds. The Morgan fingerprint density at radius 2 is 2.19 bits per heavy atom. The maximum Gasteiger partial charge on any atom is 0.330 e. The first kappa shape index (κ1) is 14.4. The first-order valence-corrected chi connectivity index (χ1v) is 6.42. The fourth-order valence-corrected chi connectivity index (χ4v) is 2.92. The third kappa shape index (κ3) is 1.96. The maximum absolute atomic E-state index is 14.7. The minimum Gasteiger partial charge on any atom is -0.390 e. The molecule has 21 heavy (non-hydrogen) atoms. The molecule has 2 N–H and O–H groups in total. The second-order valence-corrected chi connectivity index (χ2v) is 5.32. The van der Waals surface area contributed by atoms with Gasteiger partial charge in [-0.1, -0.05) is 0 Å². The molecule has 2 aliphatic heterocycles. The molecule has 0 saturated carbocycles. The molecular formula is C12H15FN2O6. The summed E-state index contributed by atoms with van der Waals surface area (Å²) in [5, 5.41) is 9.27. The largest absolute Gasteiger partial charge is 0.390 e. The van der Waals surface area contributed by atoms with Gasteiger partial charge in [-0.25, -0.2) is 9.18 Å². The molecule has 1 aromatic heterocycles. The third-order valence-corrected chi connectivity index (χ3v) is 3.78. The van der Waals surface area contributed by atoms with Crippen LogP contribution in [0.25, 0.3) is 0 Å². The van der Waals surface area contributed by atoms with Crippen molar-refractivity contribution in [3.05, 3.63) is 33.1 Å². The Hall–Kier alpha value is -1.55. The van der Waals surface area contributed by atoms with Gasteiger partial charge in [-0.15, -0.1) is 0 Å². The van der Waals surface area contributed by atoms with Crippen molar-refractivity contribution in [2.45, 2.75) is 43.9 Å². The van der Waals surface area contributed by atoms with Crippen LogP contribution in [0, 0.1) is 0 Å². The number of halogens is 1. The van der Waals surface area contributed by atoms with E-state index in [0.29, 0.717) is 0 Å². The molecule has 0 bridgehead atoms. The van der Waals surface area contributed by atoms with Crippen molar-refractivity contribution in [3.8, 4) is 0 Å². The number of H-pyrrole nitrogens is 1. The molecule has 1 unspecified atom stereocenters. The van der Waals surface area contributed by atoms with Crippen LogP contribution in [0.2, 0.25) is 0 Å². The van der Waals surface area contributed by atoms with Gasteiger partial charge in [0.15, 0.2) is 18.6 Å². The Morgan fingerprint density at radius 3 is 2.81 bits per heavy atom.